The van der Waals surface area contributed by atoms with Crippen LogP contribution in [0.5, 0.6) is 0 Å². The Morgan fingerprint density at radius 1 is 0.889 bits per heavy atom. The highest BCUT2D eigenvalue weighted by Gasteiger charge is 2.44. The monoisotopic (exact) mass is 1030 g/mol. The van der Waals surface area contributed by atoms with Crippen LogP contribution >= 0.6 is 0 Å². The summed E-state index contributed by atoms with van der Waals surface area (Å²) in [6.45, 7) is 17.5. The number of nitrogens with zero attached hydrogens (tertiary/aromatic N) is 7. The lowest BCUT2D eigenvalue weighted by Gasteiger charge is -2.41. The molecule has 0 unspecified atom stereocenters. The molecule has 8 atom stereocenters. The summed E-state index contributed by atoms with van der Waals surface area (Å²) in [6.07, 6.45) is 3.98. The first-order valence-electron chi connectivity index (χ1n) is 25.0. The van der Waals surface area contributed by atoms with Gasteiger partial charge in [0, 0.05) is 65.0 Å². The summed E-state index contributed by atoms with van der Waals surface area (Å²) in [6, 6.07) is 5.05. The molecule has 4 rings (SSSR count). The number of sulfonamides is 1. The first-order valence-corrected chi connectivity index (χ1v) is 26.6. The van der Waals surface area contributed by atoms with Gasteiger partial charge in [-0.1, -0.05) is 76.6 Å². The van der Waals surface area contributed by atoms with E-state index in [1.165, 1.54) is 25.1 Å². The number of amides is 8. The number of hydrogen-bond acceptors (Lipinski definition) is 13. The standard InChI is InChI=1S/C50H78N10O11S/c1-13-34(8)45(56(10)49(66)44(31(2)3)52-50(67)60(32(4)5)33(6)7)40(70-11)28-43(63)58-25-17-21-39(58)46(71-12)35(9)47(64)51-38(27-36-19-15-14-16-20-36)48(65)54-72(68,69)26-18-24-57-29-37(53-55-57)30-59-41(61)22-23-42(59)62/h14-16,19-20,22-23,29,31-35,38-40,44-46H,13,17-18,21,24-28,30H2,1-12H3,(H,51,64)(H,52,67)(H,54,65)/t34-,35+,38-,39-,40+,44-,45-,46+/m0/s1. The van der Waals surface area contributed by atoms with Crippen LogP contribution in [0.1, 0.15) is 106 Å². The van der Waals surface area contributed by atoms with Crippen molar-refractivity contribution in [2.75, 3.05) is 33.6 Å². The number of imide groups is 1. The van der Waals surface area contributed by atoms with Crippen molar-refractivity contribution in [2.24, 2.45) is 17.8 Å². The molecule has 400 valence electrons. The molecule has 1 saturated heterocycles. The summed E-state index contributed by atoms with van der Waals surface area (Å²) in [5, 5.41) is 13.7. The molecule has 0 bridgehead atoms. The number of likely N-dealkylation sites (N-methyl/N-ethyl adjacent to an activating group) is 1. The highest BCUT2D eigenvalue weighted by atomic mass is 32.2. The van der Waals surface area contributed by atoms with Crippen molar-refractivity contribution < 1.29 is 51.5 Å². The highest BCUT2D eigenvalue weighted by Crippen LogP contribution is 2.30. The summed E-state index contributed by atoms with van der Waals surface area (Å²) in [4.78, 5) is 100. The Hall–Kier alpha value is -5.74. The number of likely N-dealkylation sites (tertiary alicyclic amines) is 1. The number of methoxy groups -OCH3 is 2. The van der Waals surface area contributed by atoms with E-state index in [0.717, 1.165) is 17.1 Å². The molecular formula is C50H78N10O11S. The Bertz CT molecular complexity index is 2300. The van der Waals surface area contributed by atoms with Gasteiger partial charge < -0.3 is 34.8 Å². The average molecular weight is 1030 g/mol. The number of carbonyl (C=O) groups is 7. The van der Waals surface area contributed by atoms with Gasteiger partial charge in [0.25, 0.3) is 17.7 Å². The summed E-state index contributed by atoms with van der Waals surface area (Å²) >= 11 is 0. The zero-order valence-electron chi connectivity index (χ0n) is 44.1. The molecule has 2 aliphatic heterocycles. The topological polar surface area (TPSA) is 252 Å². The molecule has 21 nitrogen and oxygen atoms in total. The second-order valence-electron chi connectivity index (χ2n) is 19.8. The van der Waals surface area contributed by atoms with Gasteiger partial charge in [-0.25, -0.2) is 13.2 Å². The predicted octanol–water partition coefficient (Wildman–Crippen LogP) is 3.04. The Morgan fingerprint density at radius 3 is 2.10 bits per heavy atom. The van der Waals surface area contributed by atoms with Crippen LogP contribution in [-0.2, 0) is 67.8 Å². The third kappa shape index (κ3) is 15.6. The van der Waals surface area contributed by atoms with Gasteiger partial charge in [0.2, 0.25) is 27.7 Å². The van der Waals surface area contributed by atoms with E-state index < -0.39 is 81.7 Å². The first kappa shape index (κ1) is 58.8. The van der Waals surface area contributed by atoms with Crippen LogP contribution < -0.4 is 15.4 Å². The molecule has 3 N–H and O–H groups in total. The average Bonchev–Trinajstić information content (AvgIpc) is 4.07. The fourth-order valence-electron chi connectivity index (χ4n) is 9.64. The van der Waals surface area contributed by atoms with Gasteiger partial charge in [0.05, 0.1) is 55.1 Å². The van der Waals surface area contributed by atoms with E-state index in [4.69, 9.17) is 9.47 Å². The molecular weight excluding hydrogens is 949 g/mol. The van der Waals surface area contributed by atoms with Crippen molar-refractivity contribution in [3.8, 4) is 0 Å². The van der Waals surface area contributed by atoms with E-state index in [2.05, 4.69) is 25.7 Å². The normalized spacial score (nSPS) is 18.0. The van der Waals surface area contributed by atoms with E-state index in [9.17, 15) is 42.0 Å². The molecule has 1 aromatic carbocycles. The zero-order chi connectivity index (χ0) is 53.6. The minimum absolute atomic E-state index is 0.0278. The third-order valence-electron chi connectivity index (χ3n) is 13.6. The summed E-state index contributed by atoms with van der Waals surface area (Å²) in [5.41, 5.74) is 0.995. The smallest absolute Gasteiger partial charge is 0.318 e. The maximum Gasteiger partial charge on any atom is 0.318 e. The molecule has 0 aliphatic carbocycles. The number of aromatic nitrogens is 3. The van der Waals surface area contributed by atoms with E-state index >= 15 is 0 Å². The number of ether oxygens (including phenoxy) is 2. The van der Waals surface area contributed by atoms with Crippen molar-refractivity contribution in [2.45, 2.75) is 162 Å². The lowest BCUT2D eigenvalue weighted by molar-refractivity contribution is -0.147. The number of rotatable bonds is 27. The second kappa shape index (κ2) is 26.8. The Labute approximate surface area is 425 Å². The molecule has 1 fully saturated rings. The largest absolute Gasteiger partial charge is 0.379 e. The number of aryl methyl sites for hydroxylation is 1. The maximum absolute atomic E-state index is 14.5. The lowest BCUT2D eigenvalue weighted by atomic mass is 9.89. The van der Waals surface area contributed by atoms with Crippen molar-refractivity contribution in [1.82, 2.24) is 49.9 Å². The van der Waals surface area contributed by atoms with Crippen LogP contribution in [0, 0.1) is 17.8 Å². The molecule has 0 radical (unpaired) electrons. The van der Waals surface area contributed by atoms with Gasteiger partial charge in [-0.15, -0.1) is 5.10 Å². The SMILES string of the molecule is CC[C@H](C)[C@@H]([C@@H](CC(=O)N1CCC[C@H]1[C@H](OC)[C@@H](C)C(=O)N[C@@H](Cc1ccccc1)C(=O)NS(=O)(=O)CCCn1cc(CN2C(=O)C=CC2=O)nn1)OC)N(C)C(=O)[C@@H](NC(=O)N(C(C)C)C(C)C)C(C)C. The van der Waals surface area contributed by atoms with E-state index in [1.807, 2.05) is 55.4 Å². The fourth-order valence-corrected chi connectivity index (χ4v) is 10.7. The molecule has 2 aromatic rings. The van der Waals surface area contributed by atoms with Gasteiger partial charge in [-0.2, -0.15) is 0 Å². The molecule has 1 aromatic heterocycles. The first-order chi connectivity index (χ1) is 33.9. The number of urea groups is 1. The lowest BCUT2D eigenvalue weighted by Crippen LogP contribution is -2.60. The number of nitrogens with one attached hydrogen (secondary N) is 3. The van der Waals surface area contributed by atoms with Gasteiger partial charge in [-0.3, -0.25) is 43.1 Å². The Kier molecular flexibility index (Phi) is 21.9. The van der Waals surface area contributed by atoms with E-state index in [-0.39, 0.29) is 74.1 Å². The van der Waals surface area contributed by atoms with Crippen molar-refractivity contribution in [3.63, 3.8) is 0 Å². The van der Waals surface area contributed by atoms with Crippen LogP contribution in [0.2, 0.25) is 0 Å². The Balaban J connectivity index is 1.45. The summed E-state index contributed by atoms with van der Waals surface area (Å²) in [5.74, 6) is -4.77. The quantitative estimate of drug-likeness (QED) is 0.109. The molecule has 3 heterocycles. The molecule has 0 saturated carbocycles. The van der Waals surface area contributed by atoms with E-state index in [1.54, 1.807) is 59.0 Å². The highest BCUT2D eigenvalue weighted by molar-refractivity contribution is 7.90. The van der Waals surface area contributed by atoms with Gasteiger partial charge >= 0.3 is 6.03 Å². The van der Waals surface area contributed by atoms with Crippen LogP contribution in [0.3, 0.4) is 0 Å². The predicted molar refractivity (Wildman–Crippen MR) is 269 cm³/mol. The number of hydrogen-bond donors (Lipinski definition) is 3. The molecule has 22 heteroatoms. The minimum atomic E-state index is -4.22. The zero-order valence-corrected chi connectivity index (χ0v) is 44.9. The minimum Gasteiger partial charge on any atom is -0.379 e. The van der Waals surface area contributed by atoms with Crippen LogP contribution in [-0.4, -0.2) is 167 Å². The summed E-state index contributed by atoms with van der Waals surface area (Å²) in [7, 11) is 0.426. The maximum atomic E-state index is 14.5. The van der Waals surface area contributed by atoms with E-state index in [0.29, 0.717) is 37.1 Å². The molecule has 8 amide bonds. The van der Waals surface area contributed by atoms with Gasteiger partial charge in [0.1, 0.15) is 17.8 Å². The number of carbonyl (C=O) groups excluding carboxylic acids is 7. The third-order valence-corrected chi connectivity index (χ3v) is 14.9. The van der Waals surface area contributed by atoms with Gasteiger partial charge in [-0.05, 0) is 64.4 Å². The van der Waals surface area contributed by atoms with Crippen LogP contribution in [0.4, 0.5) is 4.79 Å². The van der Waals surface area contributed by atoms with Crippen LogP contribution in [0.15, 0.2) is 48.7 Å². The van der Waals surface area contributed by atoms with Gasteiger partial charge in [0.15, 0.2) is 0 Å². The fraction of sp³-hybridized carbons (Fsp3) is 0.660. The van der Waals surface area contributed by atoms with Crippen molar-refractivity contribution >= 4 is 51.5 Å². The second-order valence-corrected chi connectivity index (χ2v) is 21.7. The van der Waals surface area contributed by atoms with Crippen molar-refractivity contribution in [3.05, 3.63) is 59.9 Å². The van der Waals surface area contributed by atoms with Crippen LogP contribution in [0.25, 0.3) is 0 Å². The molecule has 0 spiro atoms. The molecule has 72 heavy (non-hydrogen) atoms. The summed E-state index contributed by atoms with van der Waals surface area (Å²) < 4.78 is 42.1. The molecule has 2 aliphatic rings. The van der Waals surface area contributed by atoms with Crippen molar-refractivity contribution in [1.29, 1.82) is 0 Å². The Morgan fingerprint density at radius 2 is 1.53 bits per heavy atom. The number of benzene rings is 1.